The second-order valence-corrected chi connectivity index (χ2v) is 8.27. The quantitative estimate of drug-likeness (QED) is 0.771. The van der Waals surface area contributed by atoms with Crippen LogP contribution in [0.3, 0.4) is 0 Å². The molecule has 2 atom stereocenters. The van der Waals surface area contributed by atoms with Gasteiger partial charge in [-0.25, -0.2) is 4.39 Å². The molecule has 5 nitrogen and oxygen atoms in total. The number of benzene rings is 1. The third-order valence-corrected chi connectivity index (χ3v) is 5.79. The summed E-state index contributed by atoms with van der Waals surface area (Å²) in [5.74, 6) is -0.0425. The second kappa shape index (κ2) is 9.19. The van der Waals surface area contributed by atoms with Crippen molar-refractivity contribution in [1.29, 1.82) is 0 Å². The van der Waals surface area contributed by atoms with E-state index in [1.165, 1.54) is 23.9 Å². The maximum atomic E-state index is 13.3. The molecule has 1 aliphatic rings. The Morgan fingerprint density at radius 2 is 2.04 bits per heavy atom. The molecule has 148 valence electrons. The van der Waals surface area contributed by atoms with Gasteiger partial charge in [0.1, 0.15) is 17.2 Å². The minimum atomic E-state index is -0.582. The average Bonchev–Trinajstić information content (AvgIpc) is 3.06. The number of nitrogens with zero attached hydrogens (tertiary/aromatic N) is 2. The zero-order valence-electron chi connectivity index (χ0n) is 16.0. The maximum absolute atomic E-state index is 13.3. The number of nitrogens with one attached hydrogen (secondary N) is 1. The van der Waals surface area contributed by atoms with Gasteiger partial charge in [0, 0.05) is 6.20 Å². The molecule has 7 heteroatoms. The Morgan fingerprint density at radius 1 is 1.29 bits per heavy atom. The van der Waals surface area contributed by atoms with Gasteiger partial charge in [-0.1, -0.05) is 32.0 Å². The van der Waals surface area contributed by atoms with E-state index >= 15 is 0 Å². The Balaban J connectivity index is 1.80. The molecule has 28 heavy (non-hydrogen) atoms. The zero-order valence-corrected chi connectivity index (χ0v) is 16.8. The molecule has 3 rings (SSSR count). The van der Waals surface area contributed by atoms with Crippen molar-refractivity contribution >= 4 is 23.6 Å². The SMILES string of the molecule is CC(C)CC(C(=O)NCc1ccccn1)N1C(=O)CSC1c1ccc(F)cc1. The van der Waals surface area contributed by atoms with Crippen LogP contribution >= 0.6 is 11.8 Å². The van der Waals surface area contributed by atoms with Crippen LogP contribution in [-0.4, -0.2) is 33.5 Å². The summed E-state index contributed by atoms with van der Waals surface area (Å²) in [6.07, 6.45) is 2.23. The van der Waals surface area contributed by atoms with Crippen molar-refractivity contribution in [3.05, 3.63) is 65.7 Å². The molecular formula is C21H24FN3O2S. The van der Waals surface area contributed by atoms with E-state index in [9.17, 15) is 14.0 Å². The highest BCUT2D eigenvalue weighted by molar-refractivity contribution is 8.00. The predicted molar refractivity (Wildman–Crippen MR) is 108 cm³/mol. The van der Waals surface area contributed by atoms with Crippen LogP contribution in [0.2, 0.25) is 0 Å². The van der Waals surface area contributed by atoms with Gasteiger partial charge in [-0.2, -0.15) is 0 Å². The van der Waals surface area contributed by atoms with Gasteiger partial charge >= 0.3 is 0 Å². The number of carbonyl (C=O) groups excluding carboxylic acids is 2. The maximum Gasteiger partial charge on any atom is 0.243 e. The largest absolute Gasteiger partial charge is 0.349 e. The van der Waals surface area contributed by atoms with Crippen LogP contribution in [0.5, 0.6) is 0 Å². The van der Waals surface area contributed by atoms with Crippen LogP contribution in [0.4, 0.5) is 4.39 Å². The van der Waals surface area contributed by atoms with E-state index < -0.39 is 6.04 Å². The van der Waals surface area contributed by atoms with Gasteiger partial charge < -0.3 is 10.2 Å². The fourth-order valence-electron chi connectivity index (χ4n) is 3.25. The Kier molecular flexibility index (Phi) is 6.67. The molecule has 2 aromatic rings. The molecule has 0 bridgehead atoms. The van der Waals surface area contributed by atoms with Crippen LogP contribution in [0.25, 0.3) is 0 Å². The van der Waals surface area contributed by atoms with Crippen LogP contribution in [-0.2, 0) is 16.1 Å². The summed E-state index contributed by atoms with van der Waals surface area (Å²) < 4.78 is 13.3. The van der Waals surface area contributed by atoms with E-state index in [0.29, 0.717) is 18.7 Å². The molecule has 2 heterocycles. The van der Waals surface area contributed by atoms with Crippen LogP contribution in [0.1, 0.15) is 36.9 Å². The molecule has 1 aromatic carbocycles. The van der Waals surface area contributed by atoms with Gasteiger partial charge in [-0.05, 0) is 42.2 Å². The van der Waals surface area contributed by atoms with Crippen molar-refractivity contribution in [3.63, 3.8) is 0 Å². The van der Waals surface area contributed by atoms with E-state index in [2.05, 4.69) is 10.3 Å². The van der Waals surface area contributed by atoms with E-state index in [-0.39, 0.29) is 28.9 Å². The molecular weight excluding hydrogens is 377 g/mol. The lowest BCUT2D eigenvalue weighted by Crippen LogP contribution is -2.49. The van der Waals surface area contributed by atoms with E-state index in [4.69, 9.17) is 0 Å². The molecule has 1 saturated heterocycles. The first-order valence-corrected chi connectivity index (χ1v) is 10.4. The topological polar surface area (TPSA) is 62.3 Å². The minimum Gasteiger partial charge on any atom is -0.349 e. The number of thioether (sulfide) groups is 1. The zero-order chi connectivity index (χ0) is 20.1. The van der Waals surface area contributed by atoms with Crippen molar-refractivity contribution in [2.75, 3.05) is 5.75 Å². The highest BCUT2D eigenvalue weighted by atomic mass is 32.2. The Labute approximate surface area is 168 Å². The van der Waals surface area contributed by atoms with E-state index in [0.717, 1.165) is 11.3 Å². The molecule has 1 aliphatic heterocycles. The third kappa shape index (κ3) is 4.90. The van der Waals surface area contributed by atoms with Crippen molar-refractivity contribution < 1.29 is 14.0 Å². The van der Waals surface area contributed by atoms with Gasteiger partial charge in [-0.3, -0.25) is 14.6 Å². The number of amides is 2. The lowest BCUT2D eigenvalue weighted by atomic mass is 10.0. The minimum absolute atomic E-state index is 0.0713. The smallest absolute Gasteiger partial charge is 0.243 e. The summed E-state index contributed by atoms with van der Waals surface area (Å²) in [6, 6.07) is 11.1. The van der Waals surface area contributed by atoms with Crippen LogP contribution < -0.4 is 5.32 Å². The van der Waals surface area contributed by atoms with Gasteiger partial charge in [0.05, 0.1) is 18.0 Å². The normalized spacial score (nSPS) is 17.8. The van der Waals surface area contributed by atoms with Crippen molar-refractivity contribution in [1.82, 2.24) is 15.2 Å². The Morgan fingerprint density at radius 3 is 2.68 bits per heavy atom. The number of halogens is 1. The first-order chi connectivity index (χ1) is 13.5. The van der Waals surface area contributed by atoms with Gasteiger partial charge in [0.15, 0.2) is 0 Å². The summed E-state index contributed by atoms with van der Waals surface area (Å²) in [6.45, 7) is 4.36. The van der Waals surface area contributed by atoms with Gasteiger partial charge in [0.2, 0.25) is 11.8 Å². The lowest BCUT2D eigenvalue weighted by Gasteiger charge is -2.33. The number of hydrogen-bond donors (Lipinski definition) is 1. The molecule has 1 aromatic heterocycles. The first kappa shape index (κ1) is 20.3. The summed E-state index contributed by atoms with van der Waals surface area (Å²) in [7, 11) is 0. The summed E-state index contributed by atoms with van der Waals surface area (Å²) in [5, 5.41) is 2.62. The molecule has 0 saturated carbocycles. The summed E-state index contributed by atoms with van der Waals surface area (Å²) >= 11 is 1.47. The molecule has 0 radical (unpaired) electrons. The monoisotopic (exact) mass is 401 g/mol. The lowest BCUT2D eigenvalue weighted by molar-refractivity contribution is -0.139. The fraction of sp³-hybridized carbons (Fsp3) is 0.381. The first-order valence-electron chi connectivity index (χ1n) is 9.31. The number of rotatable bonds is 7. The van der Waals surface area contributed by atoms with Gasteiger partial charge in [-0.15, -0.1) is 11.8 Å². The second-order valence-electron chi connectivity index (χ2n) is 7.20. The fourth-order valence-corrected chi connectivity index (χ4v) is 4.47. The molecule has 0 aliphatic carbocycles. The Bertz CT molecular complexity index is 814. The number of hydrogen-bond acceptors (Lipinski definition) is 4. The summed E-state index contributed by atoms with van der Waals surface area (Å²) in [5.41, 5.74) is 1.58. The van der Waals surface area contributed by atoms with Crippen molar-refractivity contribution in [2.45, 2.75) is 38.2 Å². The van der Waals surface area contributed by atoms with Crippen molar-refractivity contribution in [3.8, 4) is 0 Å². The predicted octanol–water partition coefficient (Wildman–Crippen LogP) is 3.53. The molecule has 2 unspecified atom stereocenters. The highest BCUT2D eigenvalue weighted by Gasteiger charge is 2.41. The number of aromatic nitrogens is 1. The van der Waals surface area contributed by atoms with E-state index in [1.807, 2.05) is 32.0 Å². The number of pyridine rings is 1. The highest BCUT2D eigenvalue weighted by Crippen LogP contribution is 2.41. The molecule has 1 N–H and O–H groups in total. The van der Waals surface area contributed by atoms with Crippen molar-refractivity contribution in [2.24, 2.45) is 5.92 Å². The van der Waals surface area contributed by atoms with Crippen LogP contribution in [0.15, 0.2) is 48.7 Å². The number of carbonyl (C=O) groups is 2. The molecule has 0 spiro atoms. The third-order valence-electron chi connectivity index (χ3n) is 4.56. The molecule has 2 amide bonds. The van der Waals surface area contributed by atoms with Crippen LogP contribution in [0, 0.1) is 11.7 Å². The van der Waals surface area contributed by atoms with E-state index in [1.54, 1.807) is 23.2 Å². The standard InChI is InChI=1S/C21H24FN3O2S/c1-14(2)11-18(20(27)24-12-17-5-3-4-10-23-17)25-19(26)13-28-21(25)15-6-8-16(22)9-7-15/h3-10,14,18,21H,11-13H2,1-2H3,(H,24,27). The Hall–Kier alpha value is -2.41. The van der Waals surface area contributed by atoms with Gasteiger partial charge in [0.25, 0.3) is 0 Å². The molecule has 1 fully saturated rings. The summed E-state index contributed by atoms with van der Waals surface area (Å²) in [4.78, 5) is 31.6. The average molecular weight is 402 g/mol.